The molecule has 3 heterocycles. The number of halogens is 2. The highest BCUT2D eigenvalue weighted by Gasteiger charge is 2.12. The summed E-state index contributed by atoms with van der Waals surface area (Å²) in [6.07, 6.45) is 3.57. The fourth-order valence-corrected chi connectivity index (χ4v) is 4.35. The first-order valence-electron chi connectivity index (χ1n) is 8.24. The smallest absolute Gasteiger partial charge is 0.188 e. The van der Waals surface area contributed by atoms with Gasteiger partial charge in [0.05, 0.1) is 17.1 Å². The van der Waals surface area contributed by atoms with Gasteiger partial charge in [0.2, 0.25) is 0 Å². The summed E-state index contributed by atoms with van der Waals surface area (Å²) in [6, 6.07) is 9.32. The molecule has 0 atom stereocenters. The first-order chi connectivity index (χ1) is 13.0. The van der Waals surface area contributed by atoms with Crippen LogP contribution in [-0.4, -0.2) is 24.6 Å². The average molecular weight is 416 g/mol. The van der Waals surface area contributed by atoms with Crippen LogP contribution in [0.4, 0.5) is 0 Å². The van der Waals surface area contributed by atoms with Crippen LogP contribution in [-0.2, 0) is 5.75 Å². The molecular weight excluding hydrogens is 401 g/mol. The van der Waals surface area contributed by atoms with Crippen molar-refractivity contribution in [2.45, 2.75) is 24.8 Å². The van der Waals surface area contributed by atoms with Gasteiger partial charge >= 0.3 is 0 Å². The van der Waals surface area contributed by atoms with Crippen molar-refractivity contribution in [3.8, 4) is 11.3 Å². The second-order valence-electron chi connectivity index (χ2n) is 6.03. The molecular formula is C19H15Cl2N5S. The van der Waals surface area contributed by atoms with E-state index in [1.165, 1.54) is 11.8 Å². The average Bonchev–Trinajstić information content (AvgIpc) is 3.03. The van der Waals surface area contributed by atoms with Crippen LogP contribution < -0.4 is 0 Å². The fraction of sp³-hybridized carbons (Fsp3) is 0.158. The minimum atomic E-state index is 0.594. The van der Waals surface area contributed by atoms with Gasteiger partial charge in [-0.05, 0) is 37.6 Å². The Bertz CT molecular complexity index is 1120. The van der Waals surface area contributed by atoms with E-state index in [1.807, 2.05) is 54.9 Å². The lowest BCUT2D eigenvalue weighted by Crippen LogP contribution is -2.00. The van der Waals surface area contributed by atoms with Gasteiger partial charge < -0.3 is 0 Å². The van der Waals surface area contributed by atoms with Crippen LogP contribution in [0.1, 0.15) is 17.0 Å². The van der Waals surface area contributed by atoms with Crippen LogP contribution in [0.5, 0.6) is 0 Å². The van der Waals surface area contributed by atoms with Crippen LogP contribution in [0, 0.1) is 13.8 Å². The topological polar surface area (TPSA) is 56.0 Å². The Balaban J connectivity index is 1.64. The van der Waals surface area contributed by atoms with E-state index in [2.05, 4.69) is 20.1 Å². The summed E-state index contributed by atoms with van der Waals surface area (Å²) in [5.41, 5.74) is 5.34. The molecule has 136 valence electrons. The lowest BCUT2D eigenvalue weighted by Gasteiger charge is -2.09. The monoisotopic (exact) mass is 415 g/mol. The summed E-state index contributed by atoms with van der Waals surface area (Å²) in [7, 11) is 0. The molecule has 3 aromatic heterocycles. The highest BCUT2D eigenvalue weighted by Crippen LogP contribution is 2.31. The van der Waals surface area contributed by atoms with E-state index in [4.69, 9.17) is 23.2 Å². The van der Waals surface area contributed by atoms with Crippen molar-refractivity contribution in [3.05, 3.63) is 69.7 Å². The Morgan fingerprint density at radius 2 is 1.85 bits per heavy atom. The largest absolute Gasteiger partial charge is 0.236 e. The van der Waals surface area contributed by atoms with Gasteiger partial charge in [-0.2, -0.15) is 5.10 Å². The molecule has 8 heteroatoms. The summed E-state index contributed by atoms with van der Waals surface area (Å²) in [5, 5.41) is 6.43. The number of thioether (sulfide) groups is 1. The quantitative estimate of drug-likeness (QED) is 0.329. The number of rotatable bonds is 4. The summed E-state index contributed by atoms with van der Waals surface area (Å²) in [4.78, 5) is 13.5. The molecule has 4 aromatic rings. The second kappa shape index (κ2) is 7.46. The van der Waals surface area contributed by atoms with Gasteiger partial charge in [-0.1, -0.05) is 41.0 Å². The van der Waals surface area contributed by atoms with E-state index in [0.29, 0.717) is 21.0 Å². The van der Waals surface area contributed by atoms with E-state index in [-0.39, 0.29) is 0 Å². The van der Waals surface area contributed by atoms with Gasteiger partial charge in [0, 0.05) is 39.8 Å². The van der Waals surface area contributed by atoms with Gasteiger partial charge in [-0.3, -0.25) is 0 Å². The Morgan fingerprint density at radius 1 is 1.07 bits per heavy atom. The van der Waals surface area contributed by atoms with E-state index in [0.717, 1.165) is 33.9 Å². The van der Waals surface area contributed by atoms with Crippen LogP contribution >= 0.6 is 35.0 Å². The molecule has 0 N–H and O–H groups in total. The van der Waals surface area contributed by atoms with Crippen molar-refractivity contribution in [2.75, 3.05) is 0 Å². The maximum Gasteiger partial charge on any atom is 0.188 e. The molecule has 0 saturated carbocycles. The number of aryl methyl sites for hydroxylation is 2. The number of hydrogen-bond donors (Lipinski definition) is 0. The summed E-state index contributed by atoms with van der Waals surface area (Å²) >= 11 is 14.0. The predicted molar refractivity (Wildman–Crippen MR) is 110 cm³/mol. The van der Waals surface area contributed by atoms with Gasteiger partial charge in [-0.15, -0.1) is 0 Å². The van der Waals surface area contributed by atoms with Gasteiger partial charge in [0.1, 0.15) is 0 Å². The van der Waals surface area contributed by atoms with Gasteiger partial charge in [0.15, 0.2) is 10.8 Å². The zero-order chi connectivity index (χ0) is 19.0. The third-order valence-corrected chi connectivity index (χ3v) is 5.76. The lowest BCUT2D eigenvalue weighted by atomic mass is 10.2. The first kappa shape index (κ1) is 18.2. The van der Waals surface area contributed by atoms with Crippen LogP contribution in [0.3, 0.4) is 0 Å². The summed E-state index contributed by atoms with van der Waals surface area (Å²) in [6.45, 7) is 3.96. The first-order valence-corrected chi connectivity index (χ1v) is 9.98. The Morgan fingerprint density at radius 3 is 2.63 bits per heavy atom. The molecule has 27 heavy (non-hydrogen) atoms. The molecule has 0 fully saturated rings. The number of benzene rings is 1. The molecule has 0 bridgehead atoms. The van der Waals surface area contributed by atoms with Gasteiger partial charge in [-0.25, -0.2) is 19.5 Å². The van der Waals surface area contributed by atoms with Crippen molar-refractivity contribution in [1.82, 2.24) is 24.6 Å². The molecule has 0 amide bonds. The van der Waals surface area contributed by atoms with Crippen molar-refractivity contribution >= 4 is 40.6 Å². The molecule has 0 spiro atoms. The Hall–Kier alpha value is -2.15. The highest BCUT2D eigenvalue weighted by molar-refractivity contribution is 7.98. The predicted octanol–water partition coefficient (Wildman–Crippen LogP) is 5.40. The molecule has 5 nitrogen and oxygen atoms in total. The molecule has 0 aliphatic rings. The zero-order valence-corrected chi connectivity index (χ0v) is 17.0. The van der Waals surface area contributed by atoms with E-state index in [1.54, 1.807) is 6.20 Å². The van der Waals surface area contributed by atoms with E-state index in [9.17, 15) is 0 Å². The number of fused-ring (bicyclic) bond motifs is 1. The Kier molecular flexibility index (Phi) is 5.04. The number of aromatic nitrogens is 5. The molecule has 0 aliphatic heterocycles. The van der Waals surface area contributed by atoms with Crippen molar-refractivity contribution in [1.29, 1.82) is 0 Å². The minimum Gasteiger partial charge on any atom is -0.236 e. The van der Waals surface area contributed by atoms with Gasteiger partial charge in [0.25, 0.3) is 0 Å². The molecule has 0 unspecified atom stereocenters. The highest BCUT2D eigenvalue weighted by atomic mass is 35.5. The maximum atomic E-state index is 6.24. The maximum absolute atomic E-state index is 6.24. The fourth-order valence-electron chi connectivity index (χ4n) is 2.78. The van der Waals surface area contributed by atoms with Crippen LogP contribution in [0.25, 0.3) is 16.9 Å². The SMILES string of the molecule is Cc1cc2ncc(-c3ccnc(SCc4c(Cl)cccc4Cl)n3)c(C)n2n1. The standard InChI is InChI=1S/C19H15Cl2N5S/c1-11-8-18-23-9-13(12(2)26(18)25-11)17-6-7-22-19(24-17)27-10-14-15(20)4-3-5-16(14)21/h3-9H,10H2,1-2H3. The molecule has 0 saturated heterocycles. The zero-order valence-electron chi connectivity index (χ0n) is 14.6. The van der Waals surface area contributed by atoms with Crippen LogP contribution in [0.15, 0.2) is 47.9 Å². The van der Waals surface area contributed by atoms with Crippen LogP contribution in [0.2, 0.25) is 10.0 Å². The third kappa shape index (κ3) is 3.65. The molecule has 1 aromatic carbocycles. The third-order valence-electron chi connectivity index (χ3n) is 4.16. The van der Waals surface area contributed by atoms with E-state index >= 15 is 0 Å². The van der Waals surface area contributed by atoms with Crippen molar-refractivity contribution in [2.24, 2.45) is 0 Å². The normalized spacial score (nSPS) is 11.3. The Labute approximate surface area is 170 Å². The molecule has 0 radical (unpaired) electrons. The number of nitrogens with zero attached hydrogens (tertiary/aromatic N) is 5. The second-order valence-corrected chi connectivity index (χ2v) is 7.78. The summed E-state index contributed by atoms with van der Waals surface area (Å²) < 4.78 is 1.84. The number of hydrogen-bond acceptors (Lipinski definition) is 5. The van der Waals surface area contributed by atoms with Crippen molar-refractivity contribution in [3.63, 3.8) is 0 Å². The summed E-state index contributed by atoms with van der Waals surface area (Å²) in [5.74, 6) is 0.594. The lowest BCUT2D eigenvalue weighted by molar-refractivity contribution is 0.875. The molecule has 0 aliphatic carbocycles. The minimum absolute atomic E-state index is 0.594. The molecule has 4 rings (SSSR count). The van der Waals surface area contributed by atoms with Crippen molar-refractivity contribution < 1.29 is 0 Å². The van der Waals surface area contributed by atoms with E-state index < -0.39 is 0 Å².